The molecule has 1 aromatic heterocycles. The third-order valence-electron chi connectivity index (χ3n) is 4.10. The molecule has 0 aliphatic heterocycles. The first-order chi connectivity index (χ1) is 11.8. The molecule has 138 valence electrons. The van der Waals surface area contributed by atoms with E-state index in [1.807, 2.05) is 32.9 Å². The summed E-state index contributed by atoms with van der Waals surface area (Å²) in [6, 6.07) is 3.78. The Bertz CT molecular complexity index is 583. The van der Waals surface area contributed by atoms with Crippen molar-refractivity contribution in [3.63, 3.8) is 0 Å². The fourth-order valence-electron chi connectivity index (χ4n) is 2.57. The predicted octanol–water partition coefficient (Wildman–Crippen LogP) is 2.98. The number of hydrogen-bond donors (Lipinski definition) is 1. The lowest BCUT2D eigenvalue weighted by atomic mass is 10.2. The van der Waals surface area contributed by atoms with Crippen molar-refractivity contribution in [1.29, 1.82) is 0 Å². The van der Waals surface area contributed by atoms with E-state index in [0.717, 1.165) is 12.0 Å². The Morgan fingerprint density at radius 1 is 1.40 bits per heavy atom. The third-order valence-corrected chi connectivity index (χ3v) is 4.10. The number of ether oxygens (including phenoxy) is 1. The monoisotopic (exact) mass is 347 g/mol. The summed E-state index contributed by atoms with van der Waals surface area (Å²) in [5.41, 5.74) is 0.407. The molecule has 6 nitrogen and oxygen atoms in total. The van der Waals surface area contributed by atoms with Crippen molar-refractivity contribution in [2.45, 2.75) is 52.7 Å². The van der Waals surface area contributed by atoms with E-state index >= 15 is 0 Å². The van der Waals surface area contributed by atoms with Gasteiger partial charge >= 0.3 is 6.09 Å². The SMILES string of the molecule is CC1CC1C(=O)NCCCN(Cc1cccnc1)C(=O)OC(C)(C)C. The van der Waals surface area contributed by atoms with Crippen LogP contribution in [0, 0.1) is 11.8 Å². The lowest BCUT2D eigenvalue weighted by Gasteiger charge is -2.27. The Morgan fingerprint density at radius 3 is 2.68 bits per heavy atom. The highest BCUT2D eigenvalue weighted by Crippen LogP contribution is 2.37. The molecule has 1 aliphatic rings. The maximum atomic E-state index is 12.4. The maximum absolute atomic E-state index is 12.4. The van der Waals surface area contributed by atoms with Gasteiger partial charge in [0, 0.05) is 31.4 Å². The van der Waals surface area contributed by atoms with Gasteiger partial charge in [-0.1, -0.05) is 13.0 Å². The Kier molecular flexibility index (Phi) is 6.39. The summed E-state index contributed by atoms with van der Waals surface area (Å²) >= 11 is 0. The van der Waals surface area contributed by atoms with Crippen molar-refractivity contribution in [2.75, 3.05) is 13.1 Å². The first kappa shape index (κ1) is 19.2. The number of nitrogens with zero attached hydrogens (tertiary/aromatic N) is 2. The van der Waals surface area contributed by atoms with Crippen molar-refractivity contribution in [3.8, 4) is 0 Å². The van der Waals surface area contributed by atoms with E-state index in [4.69, 9.17) is 4.74 Å². The number of amides is 2. The lowest BCUT2D eigenvalue weighted by molar-refractivity contribution is -0.122. The number of nitrogens with one attached hydrogen (secondary N) is 1. The number of aromatic nitrogens is 1. The van der Waals surface area contributed by atoms with Gasteiger partial charge in [0.25, 0.3) is 0 Å². The highest BCUT2D eigenvalue weighted by atomic mass is 16.6. The zero-order valence-corrected chi connectivity index (χ0v) is 15.6. The standard InChI is InChI=1S/C19H29N3O3/c1-14-11-16(14)17(23)21-9-6-10-22(18(24)25-19(2,3)4)13-15-7-5-8-20-12-15/h5,7-8,12,14,16H,6,9-11,13H2,1-4H3,(H,21,23). The van der Waals surface area contributed by atoms with E-state index in [9.17, 15) is 9.59 Å². The Morgan fingerprint density at radius 2 is 2.12 bits per heavy atom. The first-order valence-corrected chi connectivity index (χ1v) is 8.91. The molecule has 2 amide bonds. The van der Waals surface area contributed by atoms with Crippen LogP contribution >= 0.6 is 0 Å². The van der Waals surface area contributed by atoms with E-state index in [1.165, 1.54) is 0 Å². The minimum atomic E-state index is -0.541. The summed E-state index contributed by atoms with van der Waals surface area (Å²) in [5.74, 6) is 0.810. The van der Waals surface area contributed by atoms with Crippen LogP contribution in [0.2, 0.25) is 0 Å². The van der Waals surface area contributed by atoms with Gasteiger partial charge in [-0.2, -0.15) is 0 Å². The Labute approximate surface area is 150 Å². The zero-order valence-electron chi connectivity index (χ0n) is 15.6. The van der Waals surface area contributed by atoms with E-state index in [-0.39, 0.29) is 17.9 Å². The van der Waals surface area contributed by atoms with Gasteiger partial charge in [-0.15, -0.1) is 0 Å². The number of hydrogen-bond acceptors (Lipinski definition) is 4. The van der Waals surface area contributed by atoms with Gasteiger partial charge in [-0.25, -0.2) is 4.79 Å². The summed E-state index contributed by atoms with van der Waals surface area (Å²) in [6.45, 7) is 9.16. The average molecular weight is 347 g/mol. The molecule has 1 aromatic rings. The smallest absolute Gasteiger partial charge is 0.410 e. The van der Waals surface area contributed by atoms with E-state index in [0.29, 0.717) is 32.0 Å². The minimum Gasteiger partial charge on any atom is -0.444 e. The fraction of sp³-hybridized carbons (Fsp3) is 0.632. The van der Waals surface area contributed by atoms with E-state index in [1.54, 1.807) is 17.3 Å². The van der Waals surface area contributed by atoms with Crippen molar-refractivity contribution in [1.82, 2.24) is 15.2 Å². The van der Waals surface area contributed by atoms with Crippen molar-refractivity contribution >= 4 is 12.0 Å². The highest BCUT2D eigenvalue weighted by Gasteiger charge is 2.38. The molecule has 25 heavy (non-hydrogen) atoms. The summed E-state index contributed by atoms with van der Waals surface area (Å²) in [7, 11) is 0. The van der Waals surface area contributed by atoms with Gasteiger partial charge in [-0.05, 0) is 51.2 Å². The van der Waals surface area contributed by atoms with Crippen LogP contribution in [-0.4, -0.2) is 40.6 Å². The predicted molar refractivity (Wildman–Crippen MR) is 95.8 cm³/mol. The second kappa shape index (κ2) is 8.32. The molecule has 1 saturated carbocycles. The molecule has 2 atom stereocenters. The van der Waals surface area contributed by atoms with E-state index in [2.05, 4.69) is 17.2 Å². The summed E-state index contributed by atoms with van der Waals surface area (Å²) in [6.07, 6.45) is 4.77. The molecule has 6 heteroatoms. The molecule has 0 spiro atoms. The molecule has 0 saturated heterocycles. The number of carbonyl (C=O) groups excluding carboxylic acids is 2. The first-order valence-electron chi connectivity index (χ1n) is 8.91. The molecule has 1 aliphatic carbocycles. The number of carbonyl (C=O) groups is 2. The largest absolute Gasteiger partial charge is 0.444 e. The third kappa shape index (κ3) is 6.72. The Hall–Kier alpha value is -2.11. The van der Waals surface area contributed by atoms with Crippen LogP contribution in [0.3, 0.4) is 0 Å². The van der Waals surface area contributed by atoms with Gasteiger partial charge < -0.3 is 15.0 Å². The van der Waals surface area contributed by atoms with Crippen molar-refractivity contribution in [2.24, 2.45) is 11.8 Å². The molecular weight excluding hydrogens is 318 g/mol. The van der Waals surface area contributed by atoms with E-state index < -0.39 is 5.60 Å². The molecule has 2 unspecified atom stereocenters. The molecule has 1 heterocycles. The molecule has 1 fully saturated rings. The summed E-state index contributed by atoms with van der Waals surface area (Å²) < 4.78 is 5.49. The summed E-state index contributed by atoms with van der Waals surface area (Å²) in [4.78, 5) is 30.0. The van der Waals surface area contributed by atoms with Crippen LogP contribution in [-0.2, 0) is 16.1 Å². The average Bonchev–Trinajstić information content (AvgIpc) is 3.26. The number of pyridine rings is 1. The van der Waals surface area contributed by atoms with Gasteiger partial charge in [0.05, 0.1) is 6.54 Å². The second-order valence-electron chi connectivity index (χ2n) is 7.73. The molecule has 2 rings (SSSR count). The van der Waals surface area contributed by atoms with Crippen LogP contribution in [0.15, 0.2) is 24.5 Å². The van der Waals surface area contributed by atoms with Crippen LogP contribution in [0.1, 0.15) is 46.1 Å². The van der Waals surface area contributed by atoms with Crippen molar-refractivity contribution < 1.29 is 14.3 Å². The van der Waals surface area contributed by atoms with Crippen LogP contribution in [0.5, 0.6) is 0 Å². The van der Waals surface area contributed by atoms with Crippen LogP contribution in [0.4, 0.5) is 4.79 Å². The minimum absolute atomic E-state index is 0.128. The zero-order chi connectivity index (χ0) is 18.4. The normalized spacial score (nSPS) is 19.2. The van der Waals surface area contributed by atoms with Crippen LogP contribution in [0.25, 0.3) is 0 Å². The fourth-order valence-corrected chi connectivity index (χ4v) is 2.57. The topological polar surface area (TPSA) is 71.5 Å². The van der Waals surface area contributed by atoms with Gasteiger partial charge in [0.2, 0.25) is 5.91 Å². The van der Waals surface area contributed by atoms with Gasteiger partial charge in [0.1, 0.15) is 5.60 Å². The number of rotatable bonds is 7. The highest BCUT2D eigenvalue weighted by molar-refractivity contribution is 5.81. The summed E-state index contributed by atoms with van der Waals surface area (Å²) in [5, 5.41) is 2.95. The van der Waals surface area contributed by atoms with Crippen LogP contribution < -0.4 is 5.32 Å². The molecule has 1 N–H and O–H groups in total. The van der Waals surface area contributed by atoms with Gasteiger partial charge in [0.15, 0.2) is 0 Å². The lowest BCUT2D eigenvalue weighted by Crippen LogP contribution is -2.38. The maximum Gasteiger partial charge on any atom is 0.410 e. The second-order valence-corrected chi connectivity index (χ2v) is 7.73. The van der Waals surface area contributed by atoms with Crippen molar-refractivity contribution in [3.05, 3.63) is 30.1 Å². The molecular formula is C19H29N3O3. The molecule has 0 radical (unpaired) electrons. The quantitative estimate of drug-likeness (QED) is 0.770. The van der Waals surface area contributed by atoms with Gasteiger partial charge in [-0.3, -0.25) is 9.78 Å². The Balaban J connectivity index is 1.85. The molecule has 0 aromatic carbocycles. The molecule has 0 bridgehead atoms.